The normalized spacial score (nSPS) is 11.8. The van der Waals surface area contributed by atoms with Crippen LogP contribution in [-0.2, 0) is 11.2 Å². The van der Waals surface area contributed by atoms with Crippen LogP contribution in [0.4, 0.5) is 0 Å². The number of carbonyl (C=O) groups excluding carboxylic acids is 1. The van der Waals surface area contributed by atoms with E-state index in [1.807, 2.05) is 48.5 Å². The lowest BCUT2D eigenvalue weighted by Crippen LogP contribution is -2.27. The molecule has 0 fully saturated rings. The maximum Gasteiger partial charge on any atom is 0.329 e. The number of hydrogen-bond acceptors (Lipinski definition) is 5. The number of nitrogens with one attached hydrogen (secondary N) is 2. The van der Waals surface area contributed by atoms with Crippen LogP contribution >= 0.6 is 34.2 Å². The standard InChI is InChI=1S/C30H27ClIN5O4/c1-36(2)26(38)17-41-21-11-8-19(9-12-21)27-29(39)37(30(40)35-27)25(14-18-6-4-3-5-7-18)28-33-16-24(34-28)22-13-10-20(32)15-23(22)31/h3-13,15-16,25,39H,14,17H2,1-2H3,(H,33,34)(H,35,40). The molecule has 210 valence electrons. The van der Waals surface area contributed by atoms with Crippen molar-refractivity contribution in [2.45, 2.75) is 12.5 Å². The molecule has 0 saturated carbocycles. The van der Waals surface area contributed by atoms with Crippen molar-refractivity contribution < 1.29 is 14.6 Å². The molecule has 3 aromatic carbocycles. The number of benzene rings is 3. The van der Waals surface area contributed by atoms with Crippen LogP contribution in [0.5, 0.6) is 11.6 Å². The Morgan fingerprint density at radius 3 is 2.51 bits per heavy atom. The molecule has 0 bridgehead atoms. The number of halogens is 2. The average molecular weight is 684 g/mol. The monoisotopic (exact) mass is 683 g/mol. The van der Waals surface area contributed by atoms with Crippen LogP contribution in [0, 0.1) is 3.57 Å². The summed E-state index contributed by atoms with van der Waals surface area (Å²) in [6.07, 6.45) is 2.07. The maximum atomic E-state index is 13.3. The molecule has 0 radical (unpaired) electrons. The van der Waals surface area contributed by atoms with Gasteiger partial charge in [-0.05, 0) is 64.6 Å². The summed E-state index contributed by atoms with van der Waals surface area (Å²) in [5, 5.41) is 11.9. The molecule has 9 nitrogen and oxygen atoms in total. The zero-order valence-electron chi connectivity index (χ0n) is 22.3. The van der Waals surface area contributed by atoms with E-state index in [1.165, 1.54) is 9.47 Å². The molecule has 3 N–H and O–H groups in total. The first kappa shape index (κ1) is 28.5. The van der Waals surface area contributed by atoms with E-state index in [9.17, 15) is 14.7 Å². The van der Waals surface area contributed by atoms with Gasteiger partial charge in [-0.3, -0.25) is 9.36 Å². The molecule has 1 atom stereocenters. The van der Waals surface area contributed by atoms with Crippen molar-refractivity contribution in [3.05, 3.63) is 109 Å². The zero-order chi connectivity index (χ0) is 29.1. The van der Waals surface area contributed by atoms with Gasteiger partial charge in [0, 0.05) is 35.2 Å². The van der Waals surface area contributed by atoms with E-state index in [4.69, 9.17) is 16.3 Å². The van der Waals surface area contributed by atoms with Crippen LogP contribution in [0.1, 0.15) is 17.4 Å². The van der Waals surface area contributed by atoms with E-state index in [0.29, 0.717) is 34.3 Å². The third kappa shape index (κ3) is 6.33. The summed E-state index contributed by atoms with van der Waals surface area (Å²) >= 11 is 8.70. The van der Waals surface area contributed by atoms with Crippen molar-refractivity contribution >= 4 is 40.1 Å². The first-order chi connectivity index (χ1) is 19.7. The van der Waals surface area contributed by atoms with E-state index >= 15 is 0 Å². The summed E-state index contributed by atoms with van der Waals surface area (Å²) < 4.78 is 7.86. The predicted octanol–water partition coefficient (Wildman–Crippen LogP) is 5.50. The fourth-order valence-corrected chi connectivity index (χ4v) is 5.38. The van der Waals surface area contributed by atoms with Gasteiger partial charge in [-0.25, -0.2) is 9.78 Å². The van der Waals surface area contributed by atoms with Crippen LogP contribution in [0.2, 0.25) is 5.02 Å². The fourth-order valence-electron chi connectivity index (χ4n) is 4.42. The number of ether oxygens (including phenoxy) is 1. The smallest absolute Gasteiger partial charge is 0.329 e. The summed E-state index contributed by atoms with van der Waals surface area (Å²) in [6.45, 7) is -0.0927. The van der Waals surface area contributed by atoms with Crippen molar-refractivity contribution in [3.63, 3.8) is 0 Å². The number of imidazole rings is 2. The highest BCUT2D eigenvalue weighted by molar-refractivity contribution is 14.1. The molecule has 41 heavy (non-hydrogen) atoms. The second kappa shape index (κ2) is 12.2. The number of likely N-dealkylation sites (N-methyl/N-ethyl adjacent to an activating group) is 1. The van der Waals surface area contributed by atoms with E-state index < -0.39 is 11.7 Å². The number of nitrogens with zero attached hydrogens (tertiary/aromatic N) is 3. The van der Waals surface area contributed by atoms with Crippen LogP contribution < -0.4 is 10.4 Å². The summed E-state index contributed by atoms with van der Waals surface area (Å²) in [5.41, 5.74) is 2.80. The first-order valence-corrected chi connectivity index (χ1v) is 14.2. The van der Waals surface area contributed by atoms with Crippen LogP contribution in [0.15, 0.2) is 83.8 Å². The van der Waals surface area contributed by atoms with Gasteiger partial charge in [0.05, 0.1) is 16.9 Å². The van der Waals surface area contributed by atoms with E-state index in [-0.39, 0.29) is 24.1 Å². The molecule has 5 rings (SSSR count). The molecule has 0 aliphatic heterocycles. The SMILES string of the molecule is CN(C)C(=O)COc1ccc(-c2[nH]c(=O)n(C(Cc3ccccc3)c3ncc(-c4ccc(I)cc4Cl)[nH]3)c2O)cc1. The number of aromatic nitrogens is 4. The lowest BCUT2D eigenvalue weighted by molar-refractivity contribution is -0.130. The molecule has 5 aromatic rings. The second-order valence-corrected chi connectivity index (χ2v) is 11.3. The van der Waals surface area contributed by atoms with Gasteiger partial charge in [-0.1, -0.05) is 48.0 Å². The fraction of sp³-hybridized carbons (Fsp3) is 0.167. The number of aromatic amines is 2. The van der Waals surface area contributed by atoms with E-state index in [1.54, 1.807) is 44.6 Å². The Morgan fingerprint density at radius 2 is 1.83 bits per heavy atom. The van der Waals surface area contributed by atoms with E-state index in [2.05, 4.69) is 37.5 Å². The molecule has 2 aromatic heterocycles. The summed E-state index contributed by atoms with van der Waals surface area (Å²) in [4.78, 5) is 37.3. The third-order valence-corrected chi connectivity index (χ3v) is 7.61. The number of amides is 1. The largest absolute Gasteiger partial charge is 0.493 e. The number of rotatable bonds is 9. The molecule has 1 unspecified atom stereocenters. The zero-order valence-corrected chi connectivity index (χ0v) is 25.2. The van der Waals surface area contributed by atoms with Gasteiger partial charge >= 0.3 is 5.69 Å². The van der Waals surface area contributed by atoms with Crippen molar-refractivity contribution in [1.82, 2.24) is 24.4 Å². The Labute approximate surface area is 254 Å². The minimum absolute atomic E-state index is 0.0927. The van der Waals surface area contributed by atoms with Gasteiger partial charge < -0.3 is 24.7 Å². The lowest BCUT2D eigenvalue weighted by atomic mass is 10.0. The second-order valence-electron chi connectivity index (χ2n) is 9.61. The molecular weight excluding hydrogens is 657 g/mol. The van der Waals surface area contributed by atoms with Gasteiger partial charge in [0.2, 0.25) is 5.88 Å². The van der Waals surface area contributed by atoms with E-state index in [0.717, 1.165) is 14.7 Å². The highest BCUT2D eigenvalue weighted by Crippen LogP contribution is 2.34. The molecular formula is C30H27ClIN5O4. The van der Waals surface area contributed by atoms with Crippen molar-refractivity contribution in [2.75, 3.05) is 20.7 Å². The number of hydrogen-bond donors (Lipinski definition) is 3. The number of H-pyrrole nitrogens is 2. The van der Waals surface area contributed by atoms with Gasteiger partial charge in [0.15, 0.2) is 6.61 Å². The third-order valence-electron chi connectivity index (χ3n) is 6.62. The molecule has 11 heteroatoms. The highest BCUT2D eigenvalue weighted by Gasteiger charge is 2.26. The quantitative estimate of drug-likeness (QED) is 0.178. The molecule has 0 spiro atoms. The Bertz CT molecular complexity index is 1730. The Balaban J connectivity index is 1.50. The molecule has 0 aliphatic carbocycles. The Hall–Kier alpha value is -4.03. The minimum Gasteiger partial charge on any atom is -0.493 e. The highest BCUT2D eigenvalue weighted by atomic mass is 127. The summed E-state index contributed by atoms with van der Waals surface area (Å²) in [5.74, 6) is 0.598. The molecule has 2 heterocycles. The average Bonchev–Trinajstić information content (AvgIpc) is 3.55. The lowest BCUT2D eigenvalue weighted by Gasteiger charge is -2.17. The van der Waals surface area contributed by atoms with Crippen molar-refractivity contribution in [1.29, 1.82) is 0 Å². The topological polar surface area (TPSA) is 116 Å². The Kier molecular flexibility index (Phi) is 8.50. The predicted molar refractivity (Wildman–Crippen MR) is 166 cm³/mol. The van der Waals surface area contributed by atoms with Crippen LogP contribution in [0.25, 0.3) is 22.5 Å². The molecule has 1 amide bonds. The van der Waals surface area contributed by atoms with Crippen LogP contribution in [0.3, 0.4) is 0 Å². The number of aromatic hydroxyl groups is 1. The van der Waals surface area contributed by atoms with Crippen molar-refractivity contribution in [3.8, 4) is 34.1 Å². The first-order valence-electron chi connectivity index (χ1n) is 12.7. The minimum atomic E-state index is -0.647. The number of carbonyl (C=O) groups is 1. The van der Waals surface area contributed by atoms with Gasteiger partial charge in [0.1, 0.15) is 23.3 Å². The molecule has 0 aliphatic rings. The maximum absolute atomic E-state index is 13.3. The summed E-state index contributed by atoms with van der Waals surface area (Å²) in [7, 11) is 3.31. The summed E-state index contributed by atoms with van der Waals surface area (Å²) in [6, 6.07) is 21.5. The van der Waals surface area contributed by atoms with Gasteiger partial charge in [0.25, 0.3) is 5.91 Å². The van der Waals surface area contributed by atoms with Gasteiger partial charge in [-0.2, -0.15) is 0 Å². The van der Waals surface area contributed by atoms with Gasteiger partial charge in [-0.15, -0.1) is 0 Å². The Morgan fingerprint density at radius 1 is 1.10 bits per heavy atom. The molecule has 0 saturated heterocycles. The van der Waals surface area contributed by atoms with Crippen molar-refractivity contribution in [2.24, 2.45) is 0 Å². The van der Waals surface area contributed by atoms with Crippen LogP contribution in [-0.4, -0.2) is 56.1 Å².